The third-order valence-electron chi connectivity index (χ3n) is 7.74. The summed E-state index contributed by atoms with van der Waals surface area (Å²) in [5.41, 5.74) is 7.01. The number of phenols is 1. The summed E-state index contributed by atoms with van der Waals surface area (Å²) in [7, 11) is 0. The van der Waals surface area contributed by atoms with E-state index in [1.54, 1.807) is 18.2 Å². The number of aryl methyl sites for hydroxylation is 4. The van der Waals surface area contributed by atoms with Gasteiger partial charge in [0.2, 0.25) is 0 Å². The van der Waals surface area contributed by atoms with Crippen LogP contribution in [0, 0.1) is 33.6 Å². The molecule has 1 heterocycles. The fourth-order valence-corrected chi connectivity index (χ4v) is 5.15. The Hall–Kier alpha value is -3.81. The van der Waals surface area contributed by atoms with Crippen molar-refractivity contribution in [1.82, 2.24) is 15.0 Å². The first-order valence-corrected chi connectivity index (χ1v) is 15.3. The summed E-state index contributed by atoms with van der Waals surface area (Å²) in [5.74, 6) is 2.32. The summed E-state index contributed by atoms with van der Waals surface area (Å²) in [6, 6.07) is 17.4. The van der Waals surface area contributed by atoms with Crippen molar-refractivity contribution in [3.63, 3.8) is 0 Å². The number of benzene rings is 3. The van der Waals surface area contributed by atoms with Gasteiger partial charge < -0.3 is 19.7 Å². The van der Waals surface area contributed by atoms with Gasteiger partial charge in [0.25, 0.3) is 0 Å². The third-order valence-corrected chi connectivity index (χ3v) is 7.74. The van der Waals surface area contributed by atoms with Crippen molar-refractivity contribution in [3.05, 3.63) is 76.9 Å². The van der Waals surface area contributed by atoms with Gasteiger partial charge in [0, 0.05) is 23.3 Å². The number of unbranched alkanes of at least 4 members (excludes halogenated alkanes) is 1. The van der Waals surface area contributed by atoms with Crippen LogP contribution in [0.1, 0.15) is 61.8 Å². The first kappa shape index (κ1) is 32.1. The maximum Gasteiger partial charge on any atom is 0.164 e. The van der Waals surface area contributed by atoms with E-state index >= 15 is 0 Å². The Morgan fingerprint density at radius 2 is 1.33 bits per heavy atom. The molecule has 0 fully saturated rings. The second kappa shape index (κ2) is 15.1. The number of aromatic nitrogens is 3. The highest BCUT2D eigenvalue weighted by atomic mass is 16.5. The van der Waals surface area contributed by atoms with Gasteiger partial charge in [-0.25, -0.2) is 15.0 Å². The minimum Gasteiger partial charge on any atom is -0.504 e. The van der Waals surface area contributed by atoms with Crippen molar-refractivity contribution in [2.45, 2.75) is 73.3 Å². The summed E-state index contributed by atoms with van der Waals surface area (Å²) in [6.07, 6.45) is 3.72. The average Bonchev–Trinajstić information content (AvgIpc) is 2.98. The van der Waals surface area contributed by atoms with Crippen LogP contribution in [-0.2, 0) is 4.74 Å². The predicted octanol–water partition coefficient (Wildman–Crippen LogP) is 7.78. The van der Waals surface area contributed by atoms with E-state index in [-0.39, 0.29) is 24.7 Å². The highest BCUT2D eigenvalue weighted by molar-refractivity contribution is 5.70. The molecule has 0 aliphatic carbocycles. The molecule has 0 saturated heterocycles. The molecule has 2 N–H and O–H groups in total. The number of aliphatic hydroxyl groups excluding tert-OH is 1. The summed E-state index contributed by atoms with van der Waals surface area (Å²) in [5, 5.41) is 21.1. The van der Waals surface area contributed by atoms with Gasteiger partial charge in [0.15, 0.2) is 29.0 Å². The Kier molecular flexibility index (Phi) is 11.3. The predicted molar refractivity (Wildman–Crippen MR) is 172 cm³/mol. The average molecular weight is 584 g/mol. The fourth-order valence-electron chi connectivity index (χ4n) is 5.15. The molecule has 228 valence electrons. The quantitative estimate of drug-likeness (QED) is 0.156. The summed E-state index contributed by atoms with van der Waals surface area (Å²) >= 11 is 0. The molecular weight excluding hydrogens is 538 g/mol. The van der Waals surface area contributed by atoms with E-state index in [1.165, 1.54) is 24.0 Å². The molecule has 4 aromatic rings. The van der Waals surface area contributed by atoms with Crippen LogP contribution in [0.5, 0.6) is 11.5 Å². The summed E-state index contributed by atoms with van der Waals surface area (Å²) < 4.78 is 11.6. The molecular formula is C36H45N3O4. The van der Waals surface area contributed by atoms with Crippen LogP contribution in [0.25, 0.3) is 34.2 Å². The maximum absolute atomic E-state index is 10.6. The van der Waals surface area contributed by atoms with Crippen LogP contribution in [-0.4, -0.2) is 51.1 Å². The van der Waals surface area contributed by atoms with E-state index in [0.717, 1.165) is 35.1 Å². The second-order valence-corrected chi connectivity index (χ2v) is 11.5. The normalized spacial score (nSPS) is 12.7. The smallest absolute Gasteiger partial charge is 0.164 e. The zero-order valence-electron chi connectivity index (χ0n) is 26.4. The van der Waals surface area contributed by atoms with E-state index < -0.39 is 6.10 Å². The van der Waals surface area contributed by atoms with Crippen molar-refractivity contribution in [1.29, 1.82) is 0 Å². The van der Waals surface area contributed by atoms with Crippen molar-refractivity contribution in [2.75, 3.05) is 19.8 Å². The van der Waals surface area contributed by atoms with Gasteiger partial charge in [-0.1, -0.05) is 80.6 Å². The number of aromatic hydroxyl groups is 1. The number of nitrogens with zero attached hydrogens (tertiary/aromatic N) is 3. The molecule has 4 rings (SSSR count). The SMILES string of the molecule is CCCCC(CC)COCC(O)COc1cc(-c2nc(-c3ccc(C)cc3C)nc(-c3ccc(C)cc3C)n2)ccc1O. The van der Waals surface area contributed by atoms with Gasteiger partial charge in [-0.3, -0.25) is 0 Å². The lowest BCUT2D eigenvalue weighted by Crippen LogP contribution is -2.25. The molecule has 0 aliphatic heterocycles. The van der Waals surface area contributed by atoms with Crippen LogP contribution in [0.15, 0.2) is 54.6 Å². The van der Waals surface area contributed by atoms with E-state index in [9.17, 15) is 10.2 Å². The molecule has 0 aliphatic rings. The van der Waals surface area contributed by atoms with Gasteiger partial charge in [-0.15, -0.1) is 0 Å². The number of hydrogen-bond donors (Lipinski definition) is 2. The van der Waals surface area contributed by atoms with E-state index in [1.807, 2.05) is 12.1 Å². The minimum absolute atomic E-state index is 0.0123. The van der Waals surface area contributed by atoms with Crippen molar-refractivity contribution in [2.24, 2.45) is 5.92 Å². The van der Waals surface area contributed by atoms with Crippen molar-refractivity contribution in [3.8, 4) is 45.7 Å². The zero-order valence-corrected chi connectivity index (χ0v) is 26.4. The largest absolute Gasteiger partial charge is 0.504 e. The molecule has 2 atom stereocenters. The number of rotatable bonds is 14. The van der Waals surface area contributed by atoms with Crippen LogP contribution in [0.4, 0.5) is 0 Å². The van der Waals surface area contributed by atoms with Gasteiger partial charge in [0.05, 0.1) is 6.61 Å². The molecule has 7 heteroatoms. The van der Waals surface area contributed by atoms with Crippen LogP contribution >= 0.6 is 0 Å². The maximum atomic E-state index is 10.6. The molecule has 0 radical (unpaired) electrons. The fraction of sp³-hybridized carbons (Fsp3) is 0.417. The topological polar surface area (TPSA) is 97.6 Å². The lowest BCUT2D eigenvalue weighted by atomic mass is 10.0. The molecule has 1 aromatic heterocycles. The Labute approximate surface area is 256 Å². The van der Waals surface area contributed by atoms with Gasteiger partial charge >= 0.3 is 0 Å². The van der Waals surface area contributed by atoms with Crippen molar-refractivity contribution < 1.29 is 19.7 Å². The van der Waals surface area contributed by atoms with Crippen LogP contribution < -0.4 is 4.74 Å². The first-order valence-electron chi connectivity index (χ1n) is 15.3. The molecule has 0 saturated carbocycles. The molecule has 43 heavy (non-hydrogen) atoms. The molecule has 2 unspecified atom stereocenters. The lowest BCUT2D eigenvalue weighted by Gasteiger charge is -2.17. The monoisotopic (exact) mass is 583 g/mol. The molecule has 0 spiro atoms. The Morgan fingerprint density at radius 1 is 0.721 bits per heavy atom. The number of ether oxygens (including phenoxy) is 2. The number of hydrogen-bond acceptors (Lipinski definition) is 7. The zero-order chi connectivity index (χ0) is 30.9. The van der Waals surface area contributed by atoms with Gasteiger partial charge in [-0.2, -0.15) is 0 Å². The molecule has 0 bridgehead atoms. The van der Waals surface area contributed by atoms with Crippen LogP contribution in [0.2, 0.25) is 0 Å². The third kappa shape index (κ3) is 8.62. The van der Waals surface area contributed by atoms with Gasteiger partial charge in [-0.05, 0) is 69.4 Å². The van der Waals surface area contributed by atoms with E-state index in [2.05, 4.69) is 65.8 Å². The van der Waals surface area contributed by atoms with E-state index in [0.29, 0.717) is 35.6 Å². The number of phenolic OH excluding ortho intramolecular Hbond substituents is 1. The Morgan fingerprint density at radius 3 is 1.88 bits per heavy atom. The first-order chi connectivity index (χ1) is 20.7. The van der Waals surface area contributed by atoms with E-state index in [4.69, 9.17) is 24.4 Å². The van der Waals surface area contributed by atoms with Gasteiger partial charge in [0.1, 0.15) is 12.7 Å². The standard InChI is InChI=1S/C36H45N3O4/c1-7-9-10-27(8-2)20-42-21-29(40)22-43-33-19-28(13-16-32(33)41)34-37-35(30-14-11-23(3)17-25(30)5)39-36(38-34)31-15-12-24(4)18-26(31)6/h11-19,27,29,40-41H,7-10,20-22H2,1-6H3. The second-order valence-electron chi connectivity index (χ2n) is 11.5. The minimum atomic E-state index is -0.823. The van der Waals surface area contributed by atoms with Crippen LogP contribution in [0.3, 0.4) is 0 Å². The Bertz CT molecular complexity index is 1450. The molecule has 3 aromatic carbocycles. The summed E-state index contributed by atoms with van der Waals surface area (Å²) in [4.78, 5) is 14.6. The summed E-state index contributed by atoms with van der Waals surface area (Å²) in [6.45, 7) is 13.4. The number of aliphatic hydroxyl groups is 1. The lowest BCUT2D eigenvalue weighted by molar-refractivity contribution is -0.00142. The highest BCUT2D eigenvalue weighted by Gasteiger charge is 2.17. The van der Waals surface area contributed by atoms with Crippen molar-refractivity contribution >= 4 is 0 Å². The Balaban J connectivity index is 1.59. The molecule has 7 nitrogen and oxygen atoms in total. The molecule has 0 amide bonds. The highest BCUT2D eigenvalue weighted by Crippen LogP contribution is 2.33.